The average molecular weight is 843 g/mol. The van der Waals surface area contributed by atoms with Crippen molar-refractivity contribution in [1.82, 2.24) is 0 Å². The van der Waals surface area contributed by atoms with Crippen LogP contribution in [0, 0.1) is 6.92 Å². The molecule has 10 rings (SSSR count). The van der Waals surface area contributed by atoms with Crippen molar-refractivity contribution in [2.45, 2.75) is 123 Å². The lowest BCUT2D eigenvalue weighted by Gasteiger charge is -2.45. The monoisotopic (exact) mass is 842 g/mol. The van der Waals surface area contributed by atoms with Crippen LogP contribution in [0.1, 0.15) is 133 Å². The molecule has 2 aliphatic heterocycles. The van der Waals surface area contributed by atoms with Crippen LogP contribution in [0.25, 0.3) is 0 Å². The molecule has 7 aromatic rings. The fourth-order valence-corrected chi connectivity index (χ4v) is 12.8. The second kappa shape index (κ2) is 14.3. The lowest BCUT2D eigenvalue weighted by Crippen LogP contribution is -2.61. The van der Waals surface area contributed by atoms with Gasteiger partial charge in [-0.2, -0.15) is 11.3 Å². The van der Waals surface area contributed by atoms with E-state index >= 15 is 0 Å². The van der Waals surface area contributed by atoms with Crippen LogP contribution in [0.5, 0.6) is 0 Å². The Morgan fingerprint density at radius 1 is 0.508 bits per heavy atom. The highest BCUT2D eigenvalue weighted by molar-refractivity contribution is 7.29. The zero-order chi connectivity index (χ0) is 44.4. The molecule has 6 aromatic carbocycles. The van der Waals surface area contributed by atoms with Crippen LogP contribution >= 0.6 is 11.3 Å². The van der Waals surface area contributed by atoms with Crippen LogP contribution in [0.3, 0.4) is 0 Å². The van der Waals surface area contributed by atoms with Crippen molar-refractivity contribution in [2.75, 3.05) is 9.80 Å². The topological polar surface area (TPSA) is 6.48 Å². The molecule has 3 aliphatic rings. The normalized spacial score (nSPS) is 16.3. The first kappa shape index (κ1) is 41.7. The lowest BCUT2D eigenvalue weighted by atomic mass is 9.35. The highest BCUT2D eigenvalue weighted by Crippen LogP contribution is 2.56. The summed E-state index contributed by atoms with van der Waals surface area (Å²) in [6, 6.07) is 53.4. The smallest absolute Gasteiger partial charge is 0.264 e. The summed E-state index contributed by atoms with van der Waals surface area (Å²) in [6.07, 6.45) is 2.35. The number of benzene rings is 6. The maximum Gasteiger partial charge on any atom is 0.264 e. The van der Waals surface area contributed by atoms with Gasteiger partial charge in [0.15, 0.2) is 0 Å². The lowest BCUT2D eigenvalue weighted by molar-refractivity contribution is 0.339. The van der Waals surface area contributed by atoms with Gasteiger partial charge in [-0.1, -0.05) is 173 Å². The van der Waals surface area contributed by atoms with E-state index in [1.165, 1.54) is 96.0 Å². The molecule has 0 saturated carbocycles. The molecule has 2 nitrogen and oxygen atoms in total. The molecular formula is C59H63BN2S. The van der Waals surface area contributed by atoms with Crippen molar-refractivity contribution in [3.05, 3.63) is 183 Å². The van der Waals surface area contributed by atoms with Crippen molar-refractivity contribution < 1.29 is 0 Å². The molecule has 318 valence electrons. The SMILES string of the molecule is Cc1cc2c3c(c1)N(c1ccc(C(C)(C)C)cc1)c1c(sc4c1C(C)(C)CCC4(C)C)B3c1cc(C(C)(C)c3ccccc3)ccc1N2c1ccc(C(C)(C)c2ccccc2)cc1. The Balaban J connectivity index is 1.26. The Hall–Kier alpha value is -5.32. The van der Waals surface area contributed by atoms with Gasteiger partial charge in [0.25, 0.3) is 6.71 Å². The van der Waals surface area contributed by atoms with Crippen LogP contribution in [0.2, 0.25) is 0 Å². The predicted molar refractivity (Wildman–Crippen MR) is 274 cm³/mol. The molecule has 0 atom stereocenters. The highest BCUT2D eigenvalue weighted by atomic mass is 32.1. The first-order chi connectivity index (χ1) is 29.8. The number of fused-ring (bicyclic) bond motifs is 6. The number of aryl methyl sites for hydroxylation is 1. The molecule has 0 bridgehead atoms. The van der Waals surface area contributed by atoms with Gasteiger partial charge in [0, 0.05) is 48.9 Å². The van der Waals surface area contributed by atoms with E-state index in [1.807, 2.05) is 0 Å². The zero-order valence-electron chi connectivity index (χ0n) is 39.6. The number of hydrogen-bond donors (Lipinski definition) is 0. The highest BCUT2D eigenvalue weighted by Gasteiger charge is 2.51. The molecule has 4 heteroatoms. The standard InChI is InChI=1S/C59H63BN2S/c1-38-35-48-51-49(36-38)62(45-28-23-39(24-29-45)55(2,3)4)52-50-53(57(7,8)34-33-56(50,5)6)63-54(52)60(51)46-37-43(59(11,12)41-21-17-14-18-22-41)27-32-47(46)61(48)44-30-25-42(26-31-44)58(9,10)40-19-15-13-16-20-40/h13-32,35-37H,33-34H2,1-12H3. The third-order valence-corrected chi connectivity index (χ3v) is 16.9. The minimum Gasteiger partial charge on any atom is -0.311 e. The van der Waals surface area contributed by atoms with Crippen LogP contribution < -0.4 is 25.5 Å². The third kappa shape index (κ3) is 6.57. The Bertz CT molecular complexity index is 2870. The summed E-state index contributed by atoms with van der Waals surface area (Å²) in [6.45, 7) is 28.8. The van der Waals surface area contributed by atoms with Crippen molar-refractivity contribution >= 4 is 67.9 Å². The van der Waals surface area contributed by atoms with Crippen molar-refractivity contribution in [2.24, 2.45) is 0 Å². The van der Waals surface area contributed by atoms with E-state index in [-0.39, 0.29) is 33.8 Å². The Morgan fingerprint density at radius 3 is 1.56 bits per heavy atom. The van der Waals surface area contributed by atoms with E-state index in [0.29, 0.717) is 0 Å². The maximum atomic E-state index is 2.69. The summed E-state index contributed by atoms with van der Waals surface area (Å²) in [5.74, 6) is 0. The van der Waals surface area contributed by atoms with E-state index in [9.17, 15) is 0 Å². The molecule has 1 aliphatic carbocycles. The molecule has 0 amide bonds. The molecule has 0 spiro atoms. The van der Waals surface area contributed by atoms with E-state index in [2.05, 4.69) is 244 Å². The van der Waals surface area contributed by atoms with Crippen LogP contribution in [-0.2, 0) is 27.1 Å². The van der Waals surface area contributed by atoms with Crippen LogP contribution in [0.4, 0.5) is 34.1 Å². The summed E-state index contributed by atoms with van der Waals surface area (Å²) >= 11 is 2.11. The Labute approximate surface area is 382 Å². The molecule has 3 heterocycles. The molecule has 0 N–H and O–H groups in total. The van der Waals surface area contributed by atoms with Gasteiger partial charge in [0.2, 0.25) is 0 Å². The predicted octanol–water partition coefficient (Wildman–Crippen LogP) is 14.4. The second-order valence-corrected chi connectivity index (χ2v) is 23.3. The second-order valence-electron chi connectivity index (χ2n) is 22.2. The van der Waals surface area contributed by atoms with Crippen molar-refractivity contribution in [3.63, 3.8) is 0 Å². The fourth-order valence-electron chi connectivity index (χ4n) is 11.0. The molecule has 0 fully saturated rings. The van der Waals surface area contributed by atoms with E-state index in [4.69, 9.17) is 0 Å². The van der Waals surface area contributed by atoms with Crippen LogP contribution in [0.15, 0.2) is 140 Å². The van der Waals surface area contributed by atoms with Gasteiger partial charge >= 0.3 is 0 Å². The molecule has 63 heavy (non-hydrogen) atoms. The van der Waals surface area contributed by atoms with E-state index in [1.54, 1.807) is 10.4 Å². The largest absolute Gasteiger partial charge is 0.311 e. The number of thiophene rings is 1. The van der Waals surface area contributed by atoms with Gasteiger partial charge in [-0.25, -0.2) is 0 Å². The molecule has 0 radical (unpaired) electrons. The minimum absolute atomic E-state index is 0.0264. The number of anilines is 6. The van der Waals surface area contributed by atoms with Crippen LogP contribution in [-0.4, -0.2) is 6.71 Å². The summed E-state index contributed by atoms with van der Waals surface area (Å²) in [5.41, 5.74) is 19.8. The number of rotatable bonds is 6. The first-order valence-corrected chi connectivity index (χ1v) is 24.0. The number of nitrogens with zero attached hydrogens (tertiary/aromatic N) is 2. The Kier molecular flexibility index (Phi) is 9.49. The first-order valence-electron chi connectivity index (χ1n) is 23.2. The average Bonchev–Trinajstić information content (AvgIpc) is 3.68. The summed E-state index contributed by atoms with van der Waals surface area (Å²) in [5, 5.41) is 0. The summed E-state index contributed by atoms with van der Waals surface area (Å²) in [4.78, 5) is 6.84. The summed E-state index contributed by atoms with van der Waals surface area (Å²) < 4.78 is 1.48. The minimum atomic E-state index is -0.195. The van der Waals surface area contributed by atoms with E-state index < -0.39 is 0 Å². The molecule has 0 unspecified atom stereocenters. The fraction of sp³-hybridized carbons (Fsp3) is 0.322. The quantitative estimate of drug-likeness (QED) is 0.154. The van der Waals surface area contributed by atoms with E-state index in [0.717, 1.165) is 0 Å². The van der Waals surface area contributed by atoms with Gasteiger partial charge < -0.3 is 9.80 Å². The van der Waals surface area contributed by atoms with Gasteiger partial charge in [-0.15, -0.1) is 0 Å². The van der Waals surface area contributed by atoms with Crippen molar-refractivity contribution in [1.29, 1.82) is 0 Å². The molecular weight excluding hydrogens is 780 g/mol. The van der Waals surface area contributed by atoms with Gasteiger partial charge in [0.05, 0.1) is 5.69 Å². The third-order valence-electron chi connectivity index (χ3n) is 15.2. The van der Waals surface area contributed by atoms with Gasteiger partial charge in [-0.3, -0.25) is 0 Å². The zero-order valence-corrected chi connectivity index (χ0v) is 40.4. The summed E-state index contributed by atoms with van der Waals surface area (Å²) in [7, 11) is 0. The van der Waals surface area contributed by atoms with Crippen molar-refractivity contribution in [3.8, 4) is 0 Å². The maximum absolute atomic E-state index is 2.69. The van der Waals surface area contributed by atoms with Gasteiger partial charge in [-0.05, 0) is 128 Å². The molecule has 0 saturated heterocycles. The molecule has 1 aromatic heterocycles. The Morgan fingerprint density at radius 2 is 0.984 bits per heavy atom. The number of hydrogen-bond acceptors (Lipinski definition) is 3. The van der Waals surface area contributed by atoms with Gasteiger partial charge in [0.1, 0.15) is 0 Å².